The van der Waals surface area contributed by atoms with Crippen LogP contribution in [-0.4, -0.2) is 0 Å². The summed E-state index contributed by atoms with van der Waals surface area (Å²) >= 11 is 0. The topological polar surface area (TPSA) is 30.5 Å². The minimum atomic E-state index is 0.730. The third kappa shape index (κ3) is 1.69. The Labute approximate surface area is 144 Å². The fraction of sp³-hybridized carbons (Fsp3) is 0. The molecule has 118 valence electrons. The van der Waals surface area contributed by atoms with Crippen LogP contribution >= 0.6 is 0 Å². The summed E-state index contributed by atoms with van der Waals surface area (Å²) in [5, 5.41) is 5.74. The van der Waals surface area contributed by atoms with Crippen molar-refractivity contribution in [3.8, 4) is 34.1 Å². The van der Waals surface area contributed by atoms with Gasteiger partial charge in [0.25, 0.3) is 0 Å². The molecule has 0 unspecified atom stereocenters. The first-order valence-electron chi connectivity index (χ1n) is 8.29. The molecule has 4 aromatic rings. The normalized spacial score (nSPS) is 13.0. The summed E-state index contributed by atoms with van der Waals surface area (Å²) in [5.74, 6) is 3.00. The number of hydrogen-bond acceptors (Lipinski definition) is 3. The van der Waals surface area contributed by atoms with Gasteiger partial charge in [0.05, 0.1) is 5.69 Å². The Morgan fingerprint density at radius 2 is 1.36 bits per heavy atom. The lowest BCUT2D eigenvalue weighted by atomic mass is 9.96. The van der Waals surface area contributed by atoms with E-state index in [1.54, 1.807) is 0 Å². The molecule has 0 saturated carbocycles. The summed E-state index contributed by atoms with van der Waals surface area (Å²) in [5.41, 5.74) is 4.24. The molecule has 2 heterocycles. The first-order chi connectivity index (χ1) is 12.4. The molecule has 2 aliphatic rings. The van der Waals surface area contributed by atoms with Crippen molar-refractivity contribution in [1.29, 1.82) is 0 Å². The second kappa shape index (κ2) is 4.54. The number of fused-ring (bicyclic) bond motifs is 2. The summed E-state index contributed by atoms with van der Waals surface area (Å²) in [6, 6.07) is 24.7. The molecule has 2 bridgehead atoms. The van der Waals surface area contributed by atoms with Crippen molar-refractivity contribution in [3.05, 3.63) is 72.8 Å². The fourth-order valence-corrected chi connectivity index (χ4v) is 3.73. The second-order valence-electron chi connectivity index (χ2n) is 6.30. The molecule has 25 heavy (non-hydrogen) atoms. The van der Waals surface area contributed by atoms with Crippen LogP contribution in [0.15, 0.2) is 72.8 Å². The number of benzene rings is 4. The molecule has 0 atom stereocenters. The van der Waals surface area contributed by atoms with Gasteiger partial charge < -0.3 is 14.8 Å². The molecule has 1 N–H and O–H groups in total. The van der Waals surface area contributed by atoms with Crippen LogP contribution in [0.25, 0.3) is 21.9 Å². The molecular weight excluding hydrogens is 310 g/mol. The van der Waals surface area contributed by atoms with E-state index in [1.807, 2.05) is 30.3 Å². The Morgan fingerprint density at radius 1 is 0.560 bits per heavy atom. The van der Waals surface area contributed by atoms with E-state index in [9.17, 15) is 0 Å². The van der Waals surface area contributed by atoms with E-state index in [-0.39, 0.29) is 0 Å². The number of para-hydroxylation sites is 2. The van der Waals surface area contributed by atoms with E-state index in [1.165, 1.54) is 0 Å². The van der Waals surface area contributed by atoms with Gasteiger partial charge in [-0.05, 0) is 35.2 Å². The van der Waals surface area contributed by atoms with Crippen molar-refractivity contribution in [3.63, 3.8) is 0 Å². The monoisotopic (exact) mass is 323 g/mol. The van der Waals surface area contributed by atoms with Crippen molar-refractivity contribution in [2.45, 2.75) is 0 Å². The summed E-state index contributed by atoms with van der Waals surface area (Å²) in [4.78, 5) is 0. The average Bonchev–Trinajstić information content (AvgIpc) is 2.72. The van der Waals surface area contributed by atoms with Crippen LogP contribution in [0.1, 0.15) is 0 Å². The predicted octanol–water partition coefficient (Wildman–Crippen LogP) is 6.46. The number of rotatable bonds is 0. The van der Waals surface area contributed by atoms with E-state index >= 15 is 0 Å². The van der Waals surface area contributed by atoms with E-state index in [2.05, 4.69) is 47.8 Å². The largest absolute Gasteiger partial charge is 0.449 e. The molecule has 0 amide bonds. The molecular formula is C22H13NO2. The van der Waals surface area contributed by atoms with Crippen LogP contribution in [0.3, 0.4) is 0 Å². The predicted molar refractivity (Wildman–Crippen MR) is 99.3 cm³/mol. The van der Waals surface area contributed by atoms with Gasteiger partial charge in [-0.3, -0.25) is 0 Å². The Morgan fingerprint density at radius 3 is 2.36 bits per heavy atom. The van der Waals surface area contributed by atoms with Crippen LogP contribution in [-0.2, 0) is 0 Å². The van der Waals surface area contributed by atoms with Gasteiger partial charge in [0.15, 0.2) is 23.0 Å². The van der Waals surface area contributed by atoms with Crippen molar-refractivity contribution < 1.29 is 9.47 Å². The lowest BCUT2D eigenvalue weighted by Crippen LogP contribution is -2.01. The standard InChI is InChI=1S/C22H13NO2/c1-2-8-16-14(6-1)15-7-3-5-13-11-12-19-22(20(13)15)25-21-17(23-16)9-4-10-18(21)24-19/h1-12,23H. The highest BCUT2D eigenvalue weighted by molar-refractivity contribution is 6.06. The van der Waals surface area contributed by atoms with Gasteiger partial charge >= 0.3 is 0 Å². The van der Waals surface area contributed by atoms with Gasteiger partial charge in [-0.2, -0.15) is 0 Å². The van der Waals surface area contributed by atoms with Crippen LogP contribution in [0.5, 0.6) is 23.0 Å². The maximum atomic E-state index is 6.38. The summed E-state index contributed by atoms with van der Waals surface area (Å²) in [7, 11) is 0. The average molecular weight is 323 g/mol. The van der Waals surface area contributed by atoms with E-state index in [0.717, 1.165) is 56.3 Å². The number of ether oxygens (including phenoxy) is 2. The van der Waals surface area contributed by atoms with Gasteiger partial charge in [0, 0.05) is 16.6 Å². The second-order valence-corrected chi connectivity index (χ2v) is 6.30. The molecule has 6 rings (SSSR count). The zero-order chi connectivity index (χ0) is 16.4. The minimum absolute atomic E-state index is 0.730. The number of nitrogens with one attached hydrogen (secondary N) is 1. The minimum Gasteiger partial charge on any atom is -0.449 e. The Balaban J connectivity index is 1.84. The highest BCUT2D eigenvalue weighted by Crippen LogP contribution is 2.54. The van der Waals surface area contributed by atoms with Crippen molar-refractivity contribution >= 4 is 22.1 Å². The van der Waals surface area contributed by atoms with Crippen LogP contribution in [0.4, 0.5) is 11.4 Å². The first kappa shape index (κ1) is 12.9. The molecule has 0 saturated heterocycles. The third-order valence-corrected chi connectivity index (χ3v) is 4.85. The van der Waals surface area contributed by atoms with Gasteiger partial charge in [-0.15, -0.1) is 0 Å². The quantitative estimate of drug-likeness (QED) is 0.348. The third-order valence-electron chi connectivity index (χ3n) is 4.85. The maximum absolute atomic E-state index is 6.38. The van der Waals surface area contributed by atoms with Crippen molar-refractivity contribution in [2.24, 2.45) is 0 Å². The van der Waals surface area contributed by atoms with Gasteiger partial charge in [-0.1, -0.05) is 48.5 Å². The van der Waals surface area contributed by atoms with Gasteiger partial charge in [-0.25, -0.2) is 0 Å². The molecule has 0 fully saturated rings. The Hall–Kier alpha value is -3.46. The van der Waals surface area contributed by atoms with E-state index < -0.39 is 0 Å². The summed E-state index contributed by atoms with van der Waals surface area (Å²) < 4.78 is 12.5. The molecule has 0 radical (unpaired) electrons. The number of anilines is 2. The molecule has 4 aromatic carbocycles. The molecule has 0 spiro atoms. The Bertz CT molecular complexity index is 1180. The molecule has 2 aliphatic heterocycles. The van der Waals surface area contributed by atoms with Crippen LogP contribution < -0.4 is 14.8 Å². The maximum Gasteiger partial charge on any atom is 0.193 e. The Kier molecular flexibility index (Phi) is 2.35. The van der Waals surface area contributed by atoms with Gasteiger partial charge in [0.2, 0.25) is 0 Å². The van der Waals surface area contributed by atoms with Crippen LogP contribution in [0.2, 0.25) is 0 Å². The van der Waals surface area contributed by atoms with Crippen molar-refractivity contribution in [1.82, 2.24) is 0 Å². The first-order valence-corrected chi connectivity index (χ1v) is 8.29. The highest BCUT2D eigenvalue weighted by atomic mass is 16.6. The lowest BCUT2D eigenvalue weighted by Gasteiger charge is -2.23. The summed E-state index contributed by atoms with van der Waals surface area (Å²) in [6.45, 7) is 0. The molecule has 3 nitrogen and oxygen atoms in total. The lowest BCUT2D eigenvalue weighted by molar-refractivity contribution is 0.365. The van der Waals surface area contributed by atoms with E-state index in [0.29, 0.717) is 0 Å². The molecule has 0 aliphatic carbocycles. The zero-order valence-electron chi connectivity index (χ0n) is 13.2. The van der Waals surface area contributed by atoms with Gasteiger partial charge in [0.1, 0.15) is 0 Å². The smallest absolute Gasteiger partial charge is 0.193 e. The summed E-state index contributed by atoms with van der Waals surface area (Å²) in [6.07, 6.45) is 0. The molecule has 3 heteroatoms. The zero-order valence-corrected chi connectivity index (χ0v) is 13.2. The van der Waals surface area contributed by atoms with Crippen LogP contribution in [0, 0.1) is 0 Å². The SMILES string of the molecule is c1ccc2c(c1)Nc1cccc3c1Oc1c(ccc4cccc-2c14)O3. The number of hydrogen-bond donors (Lipinski definition) is 1. The highest BCUT2D eigenvalue weighted by Gasteiger charge is 2.27. The molecule has 0 aromatic heterocycles. The van der Waals surface area contributed by atoms with Crippen molar-refractivity contribution in [2.75, 3.05) is 5.32 Å². The fourth-order valence-electron chi connectivity index (χ4n) is 3.73. The van der Waals surface area contributed by atoms with E-state index in [4.69, 9.17) is 9.47 Å².